The van der Waals surface area contributed by atoms with E-state index in [1.165, 1.54) is 17.5 Å². The Morgan fingerprint density at radius 3 is 2.47 bits per heavy atom. The Morgan fingerprint density at radius 2 is 1.89 bits per heavy atom. The van der Waals surface area contributed by atoms with Crippen molar-refractivity contribution in [2.75, 3.05) is 13.1 Å². The molecule has 1 aromatic rings. The Kier molecular flexibility index (Phi) is 5.00. The highest BCUT2D eigenvalue weighted by molar-refractivity contribution is 5.26. The summed E-state index contributed by atoms with van der Waals surface area (Å²) in [6, 6.07) is 10.1. The summed E-state index contributed by atoms with van der Waals surface area (Å²) in [5.41, 5.74) is 9.14. The Balaban J connectivity index is 2.09. The number of likely N-dealkylation sites (tertiary alicyclic amines) is 1. The fourth-order valence-corrected chi connectivity index (χ4v) is 3.06. The predicted octanol–water partition coefficient (Wildman–Crippen LogP) is 3.16. The molecular formula is C17H28N2. The van der Waals surface area contributed by atoms with Gasteiger partial charge in [-0.15, -0.1) is 0 Å². The summed E-state index contributed by atoms with van der Waals surface area (Å²) in [5.74, 6) is 0.601. The zero-order valence-corrected chi connectivity index (χ0v) is 12.6. The molecule has 3 unspecified atom stereocenters. The SMILES string of the molecule is CCc1ccc(C2CC(N)CN(C(C)CC)C2)cc1. The molecule has 1 aliphatic rings. The second kappa shape index (κ2) is 6.53. The minimum atomic E-state index is 0.318. The zero-order valence-electron chi connectivity index (χ0n) is 12.6. The smallest absolute Gasteiger partial charge is 0.0174 e. The second-order valence-corrected chi connectivity index (χ2v) is 6.00. The van der Waals surface area contributed by atoms with E-state index in [9.17, 15) is 0 Å². The molecule has 0 aromatic heterocycles. The van der Waals surface area contributed by atoms with Crippen LogP contribution < -0.4 is 5.73 Å². The van der Waals surface area contributed by atoms with Crippen LogP contribution in [0.25, 0.3) is 0 Å². The Bertz CT molecular complexity index is 385. The summed E-state index contributed by atoms with van der Waals surface area (Å²) in [6.07, 6.45) is 3.44. The van der Waals surface area contributed by atoms with Crippen molar-refractivity contribution in [1.29, 1.82) is 0 Å². The van der Waals surface area contributed by atoms with Gasteiger partial charge in [-0.3, -0.25) is 4.90 Å². The molecular weight excluding hydrogens is 232 g/mol. The molecule has 0 saturated carbocycles. The van der Waals surface area contributed by atoms with Gasteiger partial charge in [0.05, 0.1) is 0 Å². The van der Waals surface area contributed by atoms with Crippen LogP contribution in [0, 0.1) is 0 Å². The Hall–Kier alpha value is -0.860. The van der Waals surface area contributed by atoms with Crippen LogP contribution in [0.3, 0.4) is 0 Å². The molecule has 0 radical (unpaired) electrons. The van der Waals surface area contributed by atoms with E-state index in [4.69, 9.17) is 5.73 Å². The first-order valence-corrected chi connectivity index (χ1v) is 7.72. The van der Waals surface area contributed by atoms with Crippen LogP contribution in [-0.4, -0.2) is 30.1 Å². The van der Waals surface area contributed by atoms with Crippen molar-refractivity contribution in [3.05, 3.63) is 35.4 Å². The predicted molar refractivity (Wildman–Crippen MR) is 82.5 cm³/mol. The van der Waals surface area contributed by atoms with E-state index in [2.05, 4.69) is 49.9 Å². The molecule has 0 aliphatic carbocycles. The largest absolute Gasteiger partial charge is 0.327 e. The number of piperidine rings is 1. The first kappa shape index (κ1) is 14.5. The molecule has 19 heavy (non-hydrogen) atoms. The fraction of sp³-hybridized carbons (Fsp3) is 0.647. The van der Waals surface area contributed by atoms with Gasteiger partial charge in [0.15, 0.2) is 0 Å². The average Bonchev–Trinajstić information content (AvgIpc) is 2.45. The molecule has 2 rings (SSSR count). The van der Waals surface area contributed by atoms with E-state index in [-0.39, 0.29) is 0 Å². The third-order valence-electron chi connectivity index (χ3n) is 4.58. The van der Waals surface area contributed by atoms with E-state index in [1.54, 1.807) is 0 Å². The number of benzene rings is 1. The highest BCUT2D eigenvalue weighted by Gasteiger charge is 2.28. The molecule has 1 aliphatic heterocycles. The first-order chi connectivity index (χ1) is 9.13. The second-order valence-electron chi connectivity index (χ2n) is 6.00. The molecule has 2 heteroatoms. The molecule has 0 bridgehead atoms. The molecule has 0 amide bonds. The van der Waals surface area contributed by atoms with Crippen molar-refractivity contribution >= 4 is 0 Å². The minimum absolute atomic E-state index is 0.318. The van der Waals surface area contributed by atoms with Crippen LogP contribution in [0.2, 0.25) is 0 Å². The van der Waals surface area contributed by atoms with Gasteiger partial charge in [-0.25, -0.2) is 0 Å². The van der Waals surface area contributed by atoms with E-state index >= 15 is 0 Å². The summed E-state index contributed by atoms with van der Waals surface area (Å²) in [4.78, 5) is 2.56. The van der Waals surface area contributed by atoms with Crippen molar-refractivity contribution in [2.24, 2.45) is 5.73 Å². The highest BCUT2D eigenvalue weighted by Crippen LogP contribution is 2.28. The van der Waals surface area contributed by atoms with Crippen molar-refractivity contribution in [3.63, 3.8) is 0 Å². The van der Waals surface area contributed by atoms with E-state index in [0.29, 0.717) is 18.0 Å². The third kappa shape index (κ3) is 3.58. The lowest BCUT2D eigenvalue weighted by atomic mass is 9.87. The number of aryl methyl sites for hydroxylation is 1. The molecule has 3 atom stereocenters. The van der Waals surface area contributed by atoms with Crippen LogP contribution in [0.5, 0.6) is 0 Å². The number of rotatable bonds is 4. The molecule has 1 aromatic carbocycles. The molecule has 2 nitrogen and oxygen atoms in total. The standard InChI is InChI=1S/C17H28N2/c1-4-13(3)19-11-16(10-17(18)12-19)15-8-6-14(5-2)7-9-15/h6-9,13,16-17H,4-5,10-12,18H2,1-3H3. The topological polar surface area (TPSA) is 29.3 Å². The highest BCUT2D eigenvalue weighted by atomic mass is 15.2. The van der Waals surface area contributed by atoms with Crippen molar-refractivity contribution < 1.29 is 0 Å². The molecule has 1 saturated heterocycles. The van der Waals surface area contributed by atoms with Gasteiger partial charge in [-0.1, -0.05) is 38.1 Å². The third-order valence-corrected chi connectivity index (χ3v) is 4.58. The van der Waals surface area contributed by atoms with Gasteiger partial charge in [-0.2, -0.15) is 0 Å². The van der Waals surface area contributed by atoms with Gasteiger partial charge in [0, 0.05) is 25.2 Å². The lowest BCUT2D eigenvalue weighted by molar-refractivity contribution is 0.140. The Morgan fingerprint density at radius 1 is 1.21 bits per heavy atom. The molecule has 1 fully saturated rings. The van der Waals surface area contributed by atoms with E-state index in [0.717, 1.165) is 25.9 Å². The lowest BCUT2D eigenvalue weighted by Crippen LogP contribution is -2.49. The number of hydrogen-bond acceptors (Lipinski definition) is 2. The van der Waals surface area contributed by atoms with Crippen LogP contribution in [-0.2, 0) is 6.42 Å². The normalized spacial score (nSPS) is 26.3. The first-order valence-electron chi connectivity index (χ1n) is 7.72. The van der Waals surface area contributed by atoms with Crippen LogP contribution in [0.15, 0.2) is 24.3 Å². The fourth-order valence-electron chi connectivity index (χ4n) is 3.06. The summed E-state index contributed by atoms with van der Waals surface area (Å²) in [5, 5.41) is 0. The van der Waals surface area contributed by atoms with Crippen LogP contribution in [0.1, 0.15) is 50.7 Å². The number of nitrogens with two attached hydrogens (primary N) is 1. The summed E-state index contributed by atoms with van der Waals surface area (Å²) < 4.78 is 0. The Labute approximate surface area is 118 Å². The monoisotopic (exact) mass is 260 g/mol. The van der Waals surface area contributed by atoms with E-state index < -0.39 is 0 Å². The maximum Gasteiger partial charge on any atom is 0.0174 e. The van der Waals surface area contributed by atoms with Crippen molar-refractivity contribution in [1.82, 2.24) is 4.90 Å². The summed E-state index contributed by atoms with van der Waals surface area (Å²) >= 11 is 0. The van der Waals surface area contributed by atoms with Crippen molar-refractivity contribution in [2.45, 2.75) is 58.0 Å². The van der Waals surface area contributed by atoms with Gasteiger partial charge in [0.2, 0.25) is 0 Å². The molecule has 106 valence electrons. The van der Waals surface area contributed by atoms with Gasteiger partial charge < -0.3 is 5.73 Å². The van der Waals surface area contributed by atoms with E-state index in [1.807, 2.05) is 0 Å². The van der Waals surface area contributed by atoms with Crippen molar-refractivity contribution in [3.8, 4) is 0 Å². The number of nitrogens with zero attached hydrogens (tertiary/aromatic N) is 1. The minimum Gasteiger partial charge on any atom is -0.327 e. The summed E-state index contributed by atoms with van der Waals surface area (Å²) in [7, 11) is 0. The number of hydrogen-bond donors (Lipinski definition) is 1. The van der Waals surface area contributed by atoms with Gasteiger partial charge >= 0.3 is 0 Å². The maximum atomic E-state index is 6.26. The zero-order chi connectivity index (χ0) is 13.8. The van der Waals surface area contributed by atoms with Crippen LogP contribution in [0.4, 0.5) is 0 Å². The summed E-state index contributed by atoms with van der Waals surface area (Å²) in [6.45, 7) is 8.99. The molecule has 0 spiro atoms. The quantitative estimate of drug-likeness (QED) is 0.901. The van der Waals surface area contributed by atoms with Gasteiger partial charge in [-0.05, 0) is 43.2 Å². The van der Waals surface area contributed by atoms with Crippen LogP contribution >= 0.6 is 0 Å². The molecule has 2 N–H and O–H groups in total. The molecule has 1 heterocycles. The maximum absolute atomic E-state index is 6.26. The van der Waals surface area contributed by atoms with Gasteiger partial charge in [0.25, 0.3) is 0 Å². The lowest BCUT2D eigenvalue weighted by Gasteiger charge is -2.39. The average molecular weight is 260 g/mol. The van der Waals surface area contributed by atoms with Gasteiger partial charge in [0.1, 0.15) is 0 Å².